The molecule has 1 N–H and O–H groups in total. The van der Waals surface area contributed by atoms with Crippen molar-refractivity contribution < 1.29 is 0 Å². The van der Waals surface area contributed by atoms with Crippen molar-refractivity contribution in [2.45, 2.75) is 33.7 Å². The summed E-state index contributed by atoms with van der Waals surface area (Å²) >= 11 is 0. The van der Waals surface area contributed by atoms with Gasteiger partial charge in [-0.05, 0) is 20.3 Å². The summed E-state index contributed by atoms with van der Waals surface area (Å²) in [7, 11) is 1.89. The van der Waals surface area contributed by atoms with Gasteiger partial charge in [-0.2, -0.15) is 0 Å². The minimum absolute atomic E-state index is 0.730. The first-order valence-corrected chi connectivity index (χ1v) is 6.27. The molecule has 5 nitrogen and oxygen atoms in total. The highest BCUT2D eigenvalue weighted by Gasteiger charge is 2.13. The maximum atomic E-state index is 4.59. The van der Waals surface area contributed by atoms with Gasteiger partial charge < -0.3 is 9.88 Å². The third-order valence-electron chi connectivity index (χ3n) is 3.09. The minimum atomic E-state index is 0.730. The summed E-state index contributed by atoms with van der Waals surface area (Å²) in [6.45, 7) is 7.08. The molecule has 5 heteroatoms. The Morgan fingerprint density at radius 3 is 2.67 bits per heavy atom. The van der Waals surface area contributed by atoms with Gasteiger partial charge in [0.05, 0.1) is 12.5 Å². The van der Waals surface area contributed by atoms with Crippen LogP contribution in [0.5, 0.6) is 0 Å². The average molecular weight is 245 g/mol. The Hall–Kier alpha value is -1.91. The summed E-state index contributed by atoms with van der Waals surface area (Å²) in [6.07, 6.45) is 4.54. The third kappa shape index (κ3) is 2.08. The maximum absolute atomic E-state index is 4.59. The normalized spacial score (nSPS) is 10.7. The predicted molar refractivity (Wildman–Crippen MR) is 72.6 cm³/mol. The molecule has 0 bridgehead atoms. The van der Waals surface area contributed by atoms with Crippen LogP contribution in [0, 0.1) is 6.92 Å². The molecule has 96 valence electrons. The fourth-order valence-corrected chi connectivity index (χ4v) is 2.10. The highest BCUT2D eigenvalue weighted by Crippen LogP contribution is 2.22. The Labute approximate surface area is 107 Å². The Bertz CT molecular complexity index is 544. The Kier molecular flexibility index (Phi) is 3.60. The molecular weight excluding hydrogens is 226 g/mol. The number of imidazole rings is 1. The van der Waals surface area contributed by atoms with E-state index in [0.29, 0.717) is 0 Å². The molecule has 0 aromatic carbocycles. The quantitative estimate of drug-likeness (QED) is 0.897. The van der Waals surface area contributed by atoms with Crippen LogP contribution in [-0.4, -0.2) is 26.6 Å². The van der Waals surface area contributed by atoms with Gasteiger partial charge in [-0.25, -0.2) is 15.0 Å². The van der Waals surface area contributed by atoms with Crippen molar-refractivity contribution in [3.8, 4) is 11.5 Å². The van der Waals surface area contributed by atoms with Gasteiger partial charge in [0.25, 0.3) is 0 Å². The average Bonchev–Trinajstić information content (AvgIpc) is 2.85. The summed E-state index contributed by atoms with van der Waals surface area (Å²) in [4.78, 5) is 13.3. The van der Waals surface area contributed by atoms with Crippen molar-refractivity contribution >= 4 is 5.82 Å². The maximum Gasteiger partial charge on any atom is 0.180 e. The highest BCUT2D eigenvalue weighted by molar-refractivity contribution is 5.56. The molecule has 18 heavy (non-hydrogen) atoms. The number of aryl methyl sites for hydroxylation is 2. The van der Waals surface area contributed by atoms with E-state index in [4.69, 9.17) is 0 Å². The molecule has 0 aliphatic rings. The van der Waals surface area contributed by atoms with Crippen molar-refractivity contribution in [3.63, 3.8) is 0 Å². The molecule has 0 aliphatic carbocycles. The molecule has 2 heterocycles. The lowest BCUT2D eigenvalue weighted by atomic mass is 10.1. The summed E-state index contributed by atoms with van der Waals surface area (Å²) < 4.78 is 2.04. The van der Waals surface area contributed by atoms with Gasteiger partial charge in [-0.3, -0.25) is 0 Å². The zero-order valence-electron chi connectivity index (χ0n) is 11.4. The van der Waals surface area contributed by atoms with Gasteiger partial charge in [0.15, 0.2) is 5.82 Å². The molecule has 2 aromatic rings. The second-order valence-corrected chi connectivity index (χ2v) is 4.13. The molecular formula is C13H19N5. The lowest BCUT2D eigenvalue weighted by Gasteiger charge is -2.12. The van der Waals surface area contributed by atoms with Crippen LogP contribution in [0.1, 0.15) is 25.1 Å². The minimum Gasteiger partial charge on any atom is -0.373 e. The third-order valence-corrected chi connectivity index (χ3v) is 3.09. The number of hydrogen-bond acceptors (Lipinski definition) is 4. The molecule has 0 aliphatic heterocycles. The van der Waals surface area contributed by atoms with E-state index in [0.717, 1.165) is 36.0 Å². The predicted octanol–water partition coefficient (Wildman–Crippen LogP) is 2.27. The second-order valence-electron chi connectivity index (χ2n) is 4.13. The molecule has 0 unspecified atom stereocenters. The van der Waals surface area contributed by atoms with Crippen LogP contribution in [0.3, 0.4) is 0 Å². The van der Waals surface area contributed by atoms with Crippen LogP contribution in [-0.2, 0) is 13.0 Å². The van der Waals surface area contributed by atoms with Crippen LogP contribution >= 0.6 is 0 Å². The fourth-order valence-electron chi connectivity index (χ4n) is 2.10. The van der Waals surface area contributed by atoms with Gasteiger partial charge in [0.2, 0.25) is 0 Å². The van der Waals surface area contributed by atoms with Crippen LogP contribution < -0.4 is 5.32 Å². The van der Waals surface area contributed by atoms with Gasteiger partial charge in [0, 0.05) is 24.8 Å². The van der Waals surface area contributed by atoms with Crippen molar-refractivity contribution in [1.82, 2.24) is 19.5 Å². The van der Waals surface area contributed by atoms with Gasteiger partial charge in [-0.1, -0.05) is 6.92 Å². The Morgan fingerprint density at radius 2 is 2.06 bits per heavy atom. The Morgan fingerprint density at radius 1 is 1.28 bits per heavy atom. The van der Waals surface area contributed by atoms with E-state index in [9.17, 15) is 0 Å². The van der Waals surface area contributed by atoms with Gasteiger partial charge >= 0.3 is 0 Å². The summed E-state index contributed by atoms with van der Waals surface area (Å²) in [5.74, 6) is 1.64. The number of anilines is 1. The van der Waals surface area contributed by atoms with E-state index in [2.05, 4.69) is 34.1 Å². The highest BCUT2D eigenvalue weighted by atomic mass is 15.1. The molecule has 0 saturated carbocycles. The van der Waals surface area contributed by atoms with Crippen LogP contribution in [0.4, 0.5) is 5.82 Å². The zero-order chi connectivity index (χ0) is 13.1. The standard InChI is InChI=1S/C13H19N5/c1-5-10-9(3)16-13(17-12(10)14-4)11-7-15-8-18(11)6-2/h7-8H,5-6H2,1-4H3,(H,14,16,17). The zero-order valence-corrected chi connectivity index (χ0v) is 11.4. The number of aromatic nitrogens is 4. The van der Waals surface area contributed by atoms with Crippen LogP contribution in [0.25, 0.3) is 11.5 Å². The molecule has 0 radical (unpaired) electrons. The molecule has 0 spiro atoms. The molecule has 2 aromatic heterocycles. The first-order chi connectivity index (χ1) is 8.71. The van der Waals surface area contributed by atoms with Gasteiger partial charge in [0.1, 0.15) is 11.5 Å². The van der Waals surface area contributed by atoms with Crippen LogP contribution in [0.2, 0.25) is 0 Å². The molecule has 0 fully saturated rings. The lowest BCUT2D eigenvalue weighted by molar-refractivity contribution is 0.762. The second kappa shape index (κ2) is 5.16. The van der Waals surface area contributed by atoms with E-state index >= 15 is 0 Å². The van der Waals surface area contributed by atoms with Gasteiger partial charge in [-0.15, -0.1) is 0 Å². The van der Waals surface area contributed by atoms with E-state index in [1.54, 1.807) is 6.33 Å². The summed E-state index contributed by atoms with van der Waals surface area (Å²) in [6, 6.07) is 0. The fraction of sp³-hybridized carbons (Fsp3) is 0.462. The lowest BCUT2D eigenvalue weighted by Crippen LogP contribution is -2.06. The molecule has 0 saturated heterocycles. The van der Waals surface area contributed by atoms with Crippen molar-refractivity contribution in [2.75, 3.05) is 12.4 Å². The van der Waals surface area contributed by atoms with E-state index in [-0.39, 0.29) is 0 Å². The number of rotatable bonds is 4. The van der Waals surface area contributed by atoms with E-state index in [1.165, 1.54) is 5.56 Å². The summed E-state index contributed by atoms with van der Waals surface area (Å²) in [5, 5.41) is 3.15. The largest absolute Gasteiger partial charge is 0.373 e. The number of nitrogens with zero attached hydrogens (tertiary/aromatic N) is 4. The molecule has 2 rings (SSSR count). The Balaban J connectivity index is 2.56. The van der Waals surface area contributed by atoms with E-state index < -0.39 is 0 Å². The van der Waals surface area contributed by atoms with Crippen molar-refractivity contribution in [2.24, 2.45) is 0 Å². The van der Waals surface area contributed by atoms with E-state index in [1.807, 2.05) is 24.7 Å². The number of hydrogen-bond donors (Lipinski definition) is 1. The van der Waals surface area contributed by atoms with Crippen molar-refractivity contribution in [3.05, 3.63) is 23.8 Å². The van der Waals surface area contributed by atoms with Crippen molar-refractivity contribution in [1.29, 1.82) is 0 Å². The molecule has 0 atom stereocenters. The monoisotopic (exact) mass is 245 g/mol. The first kappa shape index (κ1) is 12.5. The first-order valence-electron chi connectivity index (χ1n) is 6.27. The topological polar surface area (TPSA) is 55.6 Å². The molecule has 0 amide bonds. The SMILES string of the molecule is CCc1c(C)nc(-c2cncn2CC)nc1NC. The smallest absolute Gasteiger partial charge is 0.180 e. The summed E-state index contributed by atoms with van der Waals surface area (Å²) in [5.41, 5.74) is 3.15. The number of nitrogens with one attached hydrogen (secondary N) is 1. The van der Waals surface area contributed by atoms with Crippen LogP contribution in [0.15, 0.2) is 12.5 Å².